The monoisotopic (exact) mass is 334 g/mol. The van der Waals surface area contributed by atoms with Crippen LogP contribution in [0.4, 0.5) is 0 Å². The van der Waals surface area contributed by atoms with E-state index in [1.807, 2.05) is 29.1 Å². The second-order valence-electron chi connectivity index (χ2n) is 6.97. The van der Waals surface area contributed by atoms with Crippen LogP contribution in [0.2, 0.25) is 5.02 Å². The van der Waals surface area contributed by atoms with Gasteiger partial charge in [-0.1, -0.05) is 28.9 Å². The normalized spacial score (nSPS) is 19.9. The fourth-order valence-corrected chi connectivity index (χ4v) is 2.88. The van der Waals surface area contributed by atoms with Crippen LogP contribution < -0.4 is 0 Å². The maximum absolute atomic E-state index is 6.09. The molecule has 0 aliphatic carbocycles. The average Bonchev–Trinajstić information content (AvgIpc) is 2.96. The molecule has 0 radical (unpaired) electrons. The van der Waals surface area contributed by atoms with Crippen LogP contribution in [0.25, 0.3) is 0 Å². The van der Waals surface area contributed by atoms with Crippen LogP contribution in [0.15, 0.2) is 30.5 Å². The Morgan fingerprint density at radius 3 is 2.87 bits per heavy atom. The molecule has 0 unspecified atom stereocenters. The molecule has 1 saturated heterocycles. The second kappa shape index (κ2) is 6.59. The molecule has 5 nitrogen and oxygen atoms in total. The molecule has 23 heavy (non-hydrogen) atoms. The molecule has 124 valence electrons. The lowest BCUT2D eigenvalue weighted by Gasteiger charge is -2.32. The Balaban J connectivity index is 1.66. The number of hydrogen-bond acceptors (Lipinski definition) is 4. The van der Waals surface area contributed by atoms with Crippen LogP contribution in [0.3, 0.4) is 0 Å². The highest BCUT2D eigenvalue weighted by molar-refractivity contribution is 6.30. The van der Waals surface area contributed by atoms with E-state index in [1.165, 1.54) is 0 Å². The minimum atomic E-state index is -0.0421. The molecule has 1 aliphatic heterocycles. The molecule has 6 heteroatoms. The summed E-state index contributed by atoms with van der Waals surface area (Å²) in [6.45, 7) is 9.60. The van der Waals surface area contributed by atoms with E-state index in [9.17, 15) is 0 Å². The quantitative estimate of drug-likeness (QED) is 0.864. The summed E-state index contributed by atoms with van der Waals surface area (Å²) < 4.78 is 7.82. The Hall–Kier alpha value is -1.43. The Bertz CT molecular complexity index is 665. The van der Waals surface area contributed by atoms with Gasteiger partial charge in [0.05, 0.1) is 30.1 Å². The van der Waals surface area contributed by atoms with Gasteiger partial charge in [-0.15, -0.1) is 5.10 Å². The van der Waals surface area contributed by atoms with Crippen molar-refractivity contribution in [2.45, 2.75) is 39.0 Å². The summed E-state index contributed by atoms with van der Waals surface area (Å²) in [6, 6.07) is 7.90. The van der Waals surface area contributed by atoms with Gasteiger partial charge in [0.25, 0.3) is 0 Å². The average molecular weight is 335 g/mol. The molecule has 0 saturated carbocycles. The zero-order valence-electron chi connectivity index (χ0n) is 13.9. The van der Waals surface area contributed by atoms with Crippen LogP contribution in [-0.2, 0) is 16.8 Å². The standard InChI is InChI=1S/C17H23ClN4O/c1-17(2,3)22-11-15(19-20-22)10-21-7-8-23-16(12-21)13-5-4-6-14(18)9-13/h4-6,9,11,16H,7-8,10,12H2,1-3H3/t16-/m1/s1. The first-order chi connectivity index (χ1) is 10.9. The van der Waals surface area contributed by atoms with Crippen molar-refractivity contribution in [3.8, 4) is 0 Å². The van der Waals surface area contributed by atoms with E-state index in [-0.39, 0.29) is 11.6 Å². The number of nitrogens with zero attached hydrogens (tertiary/aromatic N) is 4. The Kier molecular flexibility index (Phi) is 4.71. The number of hydrogen-bond donors (Lipinski definition) is 0. The van der Waals surface area contributed by atoms with E-state index in [0.29, 0.717) is 6.61 Å². The minimum absolute atomic E-state index is 0.0421. The van der Waals surface area contributed by atoms with Crippen LogP contribution in [0.1, 0.15) is 38.1 Å². The van der Waals surface area contributed by atoms with Gasteiger partial charge in [0.15, 0.2) is 0 Å². The summed E-state index contributed by atoms with van der Waals surface area (Å²) in [5.74, 6) is 0. The number of ether oxygens (including phenoxy) is 1. The predicted molar refractivity (Wildman–Crippen MR) is 90.4 cm³/mol. The number of halogens is 1. The van der Waals surface area contributed by atoms with Gasteiger partial charge < -0.3 is 4.74 Å². The highest BCUT2D eigenvalue weighted by Gasteiger charge is 2.23. The molecule has 1 fully saturated rings. The lowest BCUT2D eigenvalue weighted by atomic mass is 10.1. The molecule has 1 aromatic heterocycles. The summed E-state index contributed by atoms with van der Waals surface area (Å²) in [4.78, 5) is 2.35. The summed E-state index contributed by atoms with van der Waals surface area (Å²) >= 11 is 6.09. The van der Waals surface area contributed by atoms with Crippen molar-refractivity contribution in [1.82, 2.24) is 19.9 Å². The maximum atomic E-state index is 6.09. The summed E-state index contributed by atoms with van der Waals surface area (Å²) in [7, 11) is 0. The fourth-order valence-electron chi connectivity index (χ4n) is 2.68. The first kappa shape index (κ1) is 16.4. The zero-order valence-corrected chi connectivity index (χ0v) is 14.6. The van der Waals surface area contributed by atoms with Crippen molar-refractivity contribution in [2.24, 2.45) is 0 Å². The van der Waals surface area contributed by atoms with E-state index in [0.717, 1.165) is 35.9 Å². The molecule has 0 amide bonds. The predicted octanol–water partition coefficient (Wildman–Crippen LogP) is 3.26. The molecule has 1 aromatic carbocycles. The van der Waals surface area contributed by atoms with Gasteiger partial charge in [-0.05, 0) is 38.5 Å². The number of aromatic nitrogens is 3. The number of rotatable bonds is 3. The van der Waals surface area contributed by atoms with Crippen molar-refractivity contribution >= 4 is 11.6 Å². The smallest absolute Gasteiger partial charge is 0.0967 e. The van der Waals surface area contributed by atoms with Gasteiger partial charge in [-0.25, -0.2) is 4.68 Å². The molecule has 1 aliphatic rings. The summed E-state index contributed by atoms with van der Waals surface area (Å²) in [5, 5.41) is 9.28. The summed E-state index contributed by atoms with van der Waals surface area (Å²) in [6.07, 6.45) is 2.09. The zero-order chi connectivity index (χ0) is 16.4. The van der Waals surface area contributed by atoms with E-state index in [1.54, 1.807) is 0 Å². The van der Waals surface area contributed by atoms with Crippen LogP contribution in [-0.4, -0.2) is 39.6 Å². The van der Waals surface area contributed by atoms with E-state index >= 15 is 0 Å². The third-order valence-corrected chi connectivity index (χ3v) is 4.22. The van der Waals surface area contributed by atoms with Crippen molar-refractivity contribution in [3.05, 3.63) is 46.7 Å². The third-order valence-electron chi connectivity index (χ3n) is 3.98. The highest BCUT2D eigenvalue weighted by atomic mass is 35.5. The largest absolute Gasteiger partial charge is 0.371 e. The van der Waals surface area contributed by atoms with Gasteiger partial charge in [0.2, 0.25) is 0 Å². The van der Waals surface area contributed by atoms with Gasteiger partial charge in [-0.3, -0.25) is 4.90 Å². The van der Waals surface area contributed by atoms with Gasteiger partial charge in [0, 0.05) is 24.7 Å². The lowest BCUT2D eigenvalue weighted by molar-refractivity contribution is -0.0333. The second-order valence-corrected chi connectivity index (χ2v) is 7.41. The Morgan fingerprint density at radius 1 is 1.35 bits per heavy atom. The van der Waals surface area contributed by atoms with Crippen LogP contribution in [0.5, 0.6) is 0 Å². The van der Waals surface area contributed by atoms with Crippen molar-refractivity contribution in [3.63, 3.8) is 0 Å². The third kappa shape index (κ3) is 4.10. The van der Waals surface area contributed by atoms with Crippen LogP contribution in [0, 0.1) is 0 Å². The molecule has 0 spiro atoms. The SMILES string of the molecule is CC(C)(C)n1cc(CN2CCO[C@@H](c3cccc(Cl)c3)C2)nn1. The van der Waals surface area contributed by atoms with Gasteiger partial charge in [0.1, 0.15) is 0 Å². The lowest BCUT2D eigenvalue weighted by Crippen LogP contribution is -2.37. The Morgan fingerprint density at radius 2 is 2.17 bits per heavy atom. The molecule has 1 atom stereocenters. The fraction of sp³-hybridized carbons (Fsp3) is 0.529. The van der Waals surface area contributed by atoms with E-state index in [4.69, 9.17) is 16.3 Å². The van der Waals surface area contributed by atoms with Crippen molar-refractivity contribution < 1.29 is 4.74 Å². The molecular weight excluding hydrogens is 312 g/mol. The molecule has 2 heterocycles. The number of benzene rings is 1. The Labute approximate surface area is 142 Å². The van der Waals surface area contributed by atoms with Crippen molar-refractivity contribution in [1.29, 1.82) is 0 Å². The van der Waals surface area contributed by atoms with Crippen LogP contribution >= 0.6 is 11.6 Å². The van der Waals surface area contributed by atoms with Gasteiger partial charge >= 0.3 is 0 Å². The topological polar surface area (TPSA) is 43.2 Å². The molecular formula is C17H23ClN4O. The summed E-state index contributed by atoms with van der Waals surface area (Å²) in [5.41, 5.74) is 2.08. The van der Waals surface area contributed by atoms with E-state index in [2.05, 4.69) is 42.0 Å². The van der Waals surface area contributed by atoms with Crippen molar-refractivity contribution in [2.75, 3.05) is 19.7 Å². The van der Waals surface area contributed by atoms with Gasteiger partial charge in [-0.2, -0.15) is 0 Å². The molecule has 3 rings (SSSR count). The number of morpholine rings is 1. The highest BCUT2D eigenvalue weighted by Crippen LogP contribution is 2.25. The first-order valence-corrected chi connectivity index (χ1v) is 8.31. The molecule has 0 bridgehead atoms. The molecule has 0 N–H and O–H groups in total. The molecule has 2 aromatic rings. The van der Waals surface area contributed by atoms with E-state index < -0.39 is 0 Å². The first-order valence-electron chi connectivity index (χ1n) is 7.93. The maximum Gasteiger partial charge on any atom is 0.0967 e. The minimum Gasteiger partial charge on any atom is -0.371 e.